The quantitative estimate of drug-likeness (QED) is 0.572. The normalized spacial score (nSPS) is 10.9. The first-order chi connectivity index (χ1) is 12.0. The Morgan fingerprint density at radius 2 is 2.16 bits per heavy atom. The summed E-state index contributed by atoms with van der Waals surface area (Å²) in [6.07, 6.45) is 4.80. The molecular weight excluding hydrogens is 338 g/mol. The van der Waals surface area contributed by atoms with Crippen molar-refractivity contribution < 1.29 is 14.3 Å². The number of hydrogen-bond acceptors (Lipinski definition) is 6. The Morgan fingerprint density at radius 1 is 1.36 bits per heavy atom. The highest BCUT2D eigenvalue weighted by molar-refractivity contribution is 7.15. The second kappa shape index (κ2) is 8.98. The van der Waals surface area contributed by atoms with Gasteiger partial charge in [0.05, 0.1) is 7.11 Å². The van der Waals surface area contributed by atoms with Gasteiger partial charge in [-0.2, -0.15) is 0 Å². The lowest BCUT2D eigenvalue weighted by Gasteiger charge is -2.09. The highest BCUT2D eigenvalue weighted by atomic mass is 32.1. The molecule has 0 bridgehead atoms. The third-order valence-corrected chi connectivity index (χ3v) is 4.28. The van der Waals surface area contributed by atoms with Gasteiger partial charge in [-0.05, 0) is 23.8 Å². The Morgan fingerprint density at radius 3 is 2.80 bits per heavy atom. The number of hydrogen-bond donors (Lipinski definition) is 1. The van der Waals surface area contributed by atoms with Crippen LogP contribution in [0.15, 0.2) is 36.9 Å². The van der Waals surface area contributed by atoms with Crippen molar-refractivity contribution in [1.82, 2.24) is 10.2 Å². The number of benzene rings is 1. The van der Waals surface area contributed by atoms with Crippen molar-refractivity contribution >= 4 is 28.5 Å². The van der Waals surface area contributed by atoms with Crippen LogP contribution >= 0.6 is 11.3 Å². The van der Waals surface area contributed by atoms with E-state index in [9.17, 15) is 4.79 Å². The summed E-state index contributed by atoms with van der Waals surface area (Å²) in [4.78, 5) is 12.0. The van der Waals surface area contributed by atoms with Crippen LogP contribution in [0.2, 0.25) is 0 Å². The van der Waals surface area contributed by atoms with Gasteiger partial charge in [0.1, 0.15) is 11.6 Å². The van der Waals surface area contributed by atoms with E-state index in [0.717, 1.165) is 10.6 Å². The molecule has 1 heterocycles. The third-order valence-electron chi connectivity index (χ3n) is 3.14. The zero-order valence-electron chi connectivity index (χ0n) is 14.5. The smallest absolute Gasteiger partial charge is 0.250 e. The lowest BCUT2D eigenvalue weighted by molar-refractivity contribution is -0.111. The molecule has 1 amide bonds. The van der Waals surface area contributed by atoms with Gasteiger partial charge in [-0.3, -0.25) is 10.1 Å². The molecule has 0 radical (unpaired) electrons. The number of aromatic nitrogens is 2. The number of carbonyl (C=O) groups excluding carboxylic acids is 1. The van der Waals surface area contributed by atoms with Crippen LogP contribution in [0.25, 0.3) is 6.08 Å². The monoisotopic (exact) mass is 359 g/mol. The van der Waals surface area contributed by atoms with Crippen LogP contribution in [0, 0.1) is 0 Å². The molecule has 2 aromatic rings. The van der Waals surface area contributed by atoms with Gasteiger partial charge in [0.25, 0.3) is 0 Å². The van der Waals surface area contributed by atoms with Gasteiger partial charge in [0.2, 0.25) is 11.0 Å². The van der Waals surface area contributed by atoms with E-state index in [1.54, 1.807) is 31.4 Å². The molecule has 0 unspecified atom stereocenters. The first kappa shape index (κ1) is 18.7. The van der Waals surface area contributed by atoms with E-state index < -0.39 is 0 Å². The van der Waals surface area contributed by atoms with Crippen LogP contribution < -0.4 is 14.8 Å². The minimum Gasteiger partial charge on any atom is -0.493 e. The number of nitrogens with zero attached hydrogens (tertiary/aromatic N) is 2. The van der Waals surface area contributed by atoms with E-state index in [-0.39, 0.29) is 11.8 Å². The Balaban J connectivity index is 2.02. The van der Waals surface area contributed by atoms with E-state index >= 15 is 0 Å². The molecule has 1 aromatic heterocycles. The minimum absolute atomic E-state index is 0.266. The molecule has 2 rings (SSSR count). The lowest BCUT2D eigenvalue weighted by atomic mass is 10.2. The third kappa shape index (κ3) is 5.42. The van der Waals surface area contributed by atoms with Crippen LogP contribution in [-0.2, 0) is 4.79 Å². The molecule has 0 aliphatic heterocycles. The van der Waals surface area contributed by atoms with Crippen molar-refractivity contribution in [2.24, 2.45) is 0 Å². The zero-order chi connectivity index (χ0) is 18.2. The Labute approximate surface area is 151 Å². The average Bonchev–Trinajstić information content (AvgIpc) is 3.07. The van der Waals surface area contributed by atoms with Gasteiger partial charge < -0.3 is 9.47 Å². The van der Waals surface area contributed by atoms with Crippen LogP contribution in [-0.4, -0.2) is 29.8 Å². The van der Waals surface area contributed by atoms with E-state index in [4.69, 9.17) is 9.47 Å². The number of nitrogens with one attached hydrogen (secondary N) is 1. The fourth-order valence-corrected chi connectivity index (χ4v) is 2.64. The predicted octanol–water partition coefficient (Wildman–Crippen LogP) is 3.89. The predicted molar refractivity (Wildman–Crippen MR) is 100 cm³/mol. The minimum atomic E-state index is -0.266. The second-order valence-corrected chi connectivity index (χ2v) is 6.44. The molecular formula is C18H21N3O3S. The van der Waals surface area contributed by atoms with Crippen molar-refractivity contribution in [3.8, 4) is 11.5 Å². The molecule has 0 saturated heterocycles. The summed E-state index contributed by atoms with van der Waals surface area (Å²) >= 11 is 1.37. The maximum Gasteiger partial charge on any atom is 0.250 e. The maximum atomic E-state index is 12.0. The van der Waals surface area contributed by atoms with Crippen LogP contribution in [0.3, 0.4) is 0 Å². The van der Waals surface area contributed by atoms with Crippen LogP contribution in [0.5, 0.6) is 11.5 Å². The second-order valence-electron chi connectivity index (χ2n) is 5.43. The molecule has 7 heteroatoms. The largest absolute Gasteiger partial charge is 0.493 e. The van der Waals surface area contributed by atoms with Crippen LogP contribution in [0.4, 0.5) is 5.13 Å². The number of rotatable bonds is 8. The van der Waals surface area contributed by atoms with Crippen molar-refractivity contribution in [2.45, 2.75) is 19.8 Å². The number of carbonyl (C=O) groups is 1. The molecule has 0 fully saturated rings. The Bertz CT molecular complexity index is 769. The Hall–Kier alpha value is -2.67. The van der Waals surface area contributed by atoms with Gasteiger partial charge in [-0.25, -0.2) is 0 Å². The summed E-state index contributed by atoms with van der Waals surface area (Å²) in [5, 5.41) is 12.1. The number of ether oxygens (including phenoxy) is 2. The molecule has 132 valence electrons. The molecule has 0 aliphatic carbocycles. The molecule has 0 atom stereocenters. The van der Waals surface area contributed by atoms with Crippen molar-refractivity contribution in [3.63, 3.8) is 0 Å². The molecule has 6 nitrogen and oxygen atoms in total. The molecule has 0 spiro atoms. The maximum absolute atomic E-state index is 12.0. The van der Waals surface area contributed by atoms with Crippen molar-refractivity contribution in [3.05, 3.63) is 47.5 Å². The van der Waals surface area contributed by atoms with E-state index in [2.05, 4.69) is 22.1 Å². The summed E-state index contributed by atoms with van der Waals surface area (Å²) in [5.74, 6) is 1.24. The van der Waals surface area contributed by atoms with E-state index in [1.807, 2.05) is 19.9 Å². The fraction of sp³-hybridized carbons (Fsp3) is 0.278. The molecule has 1 N–H and O–H groups in total. The van der Waals surface area contributed by atoms with Gasteiger partial charge in [0.15, 0.2) is 11.5 Å². The summed E-state index contributed by atoms with van der Waals surface area (Å²) < 4.78 is 10.8. The Kier molecular flexibility index (Phi) is 6.71. The first-order valence-electron chi connectivity index (χ1n) is 7.77. The molecule has 1 aromatic carbocycles. The van der Waals surface area contributed by atoms with Gasteiger partial charge in [-0.15, -0.1) is 10.2 Å². The topological polar surface area (TPSA) is 73.3 Å². The number of methoxy groups -OCH3 is 1. The highest BCUT2D eigenvalue weighted by Crippen LogP contribution is 2.28. The molecule has 0 saturated carbocycles. The van der Waals surface area contributed by atoms with Crippen molar-refractivity contribution in [1.29, 1.82) is 0 Å². The van der Waals surface area contributed by atoms with E-state index in [1.165, 1.54) is 17.4 Å². The average molecular weight is 359 g/mol. The first-order valence-corrected chi connectivity index (χ1v) is 8.59. The van der Waals surface area contributed by atoms with Gasteiger partial charge >= 0.3 is 0 Å². The van der Waals surface area contributed by atoms with Crippen molar-refractivity contribution in [2.75, 3.05) is 19.0 Å². The molecule has 25 heavy (non-hydrogen) atoms. The summed E-state index contributed by atoms with van der Waals surface area (Å²) in [6.45, 7) is 8.07. The summed E-state index contributed by atoms with van der Waals surface area (Å²) in [7, 11) is 1.57. The highest BCUT2D eigenvalue weighted by Gasteiger charge is 2.09. The number of anilines is 1. The number of amides is 1. The van der Waals surface area contributed by atoms with Crippen LogP contribution in [0.1, 0.15) is 30.3 Å². The SMILES string of the molecule is C=CCOc1ccc(/C=C/C(=O)Nc2nnc(C(C)C)s2)cc1OC. The lowest BCUT2D eigenvalue weighted by Crippen LogP contribution is -2.07. The fourth-order valence-electron chi connectivity index (χ4n) is 1.89. The zero-order valence-corrected chi connectivity index (χ0v) is 15.3. The molecule has 0 aliphatic rings. The van der Waals surface area contributed by atoms with E-state index in [0.29, 0.717) is 23.2 Å². The standard InChI is InChI=1S/C18H21N3O3S/c1-5-10-24-14-8-6-13(11-15(14)23-4)7-9-16(22)19-18-21-20-17(25-18)12(2)3/h5-9,11-12H,1,10H2,2-4H3,(H,19,21,22)/b9-7+. The summed E-state index contributed by atoms with van der Waals surface area (Å²) in [6, 6.07) is 5.43. The van der Waals surface area contributed by atoms with Gasteiger partial charge in [0, 0.05) is 12.0 Å². The van der Waals surface area contributed by atoms with Gasteiger partial charge in [-0.1, -0.05) is 43.9 Å². The summed E-state index contributed by atoms with van der Waals surface area (Å²) in [5.41, 5.74) is 0.818.